The molecule has 5 heteroatoms. The van der Waals surface area contributed by atoms with Crippen LogP contribution in [0.15, 0.2) is 35.7 Å². The van der Waals surface area contributed by atoms with Gasteiger partial charge in [0.05, 0.1) is 0 Å². The Morgan fingerprint density at radius 2 is 2.21 bits per heavy atom. The Bertz CT molecular complexity index is 555. The summed E-state index contributed by atoms with van der Waals surface area (Å²) in [6.45, 7) is 1.12. The molecule has 0 saturated carbocycles. The number of hydrogen-bond donors (Lipinski definition) is 2. The average Bonchev–Trinajstić information content (AvgIpc) is 2.90. The van der Waals surface area contributed by atoms with Crippen molar-refractivity contribution in [1.29, 1.82) is 0 Å². The van der Waals surface area contributed by atoms with Crippen molar-refractivity contribution in [3.8, 4) is 10.4 Å². The third-order valence-electron chi connectivity index (χ3n) is 2.69. The van der Waals surface area contributed by atoms with Gasteiger partial charge in [0.15, 0.2) is 0 Å². The number of carbonyl (C=O) groups is 1. The largest absolute Gasteiger partial charge is 0.370 e. The number of halogens is 1. The summed E-state index contributed by atoms with van der Waals surface area (Å²) < 4.78 is 13.8. The highest BCUT2D eigenvalue weighted by Crippen LogP contribution is 2.28. The molecular formula is C14H15FN2OS. The van der Waals surface area contributed by atoms with E-state index in [0.717, 1.165) is 10.4 Å². The standard InChI is InChI=1S/C14H15FN2OS/c15-12-4-3-10(9-17-6-5-14(16)18)8-11(12)13-2-1-7-19-13/h1-4,7-8,17H,5-6,9H2,(H2,16,18). The third kappa shape index (κ3) is 3.87. The van der Waals surface area contributed by atoms with Crippen LogP contribution in [0.1, 0.15) is 12.0 Å². The summed E-state index contributed by atoms with van der Waals surface area (Å²) in [6, 6.07) is 8.84. The molecule has 0 atom stereocenters. The van der Waals surface area contributed by atoms with Crippen molar-refractivity contribution in [3.63, 3.8) is 0 Å². The van der Waals surface area contributed by atoms with Gasteiger partial charge >= 0.3 is 0 Å². The lowest BCUT2D eigenvalue weighted by molar-refractivity contribution is -0.117. The Morgan fingerprint density at radius 1 is 1.37 bits per heavy atom. The molecule has 1 aromatic carbocycles. The molecule has 0 saturated heterocycles. The molecule has 1 amide bonds. The fraction of sp³-hybridized carbons (Fsp3) is 0.214. The zero-order valence-corrected chi connectivity index (χ0v) is 11.2. The van der Waals surface area contributed by atoms with Crippen molar-refractivity contribution >= 4 is 17.2 Å². The minimum atomic E-state index is -0.328. The van der Waals surface area contributed by atoms with E-state index < -0.39 is 0 Å². The lowest BCUT2D eigenvalue weighted by Gasteiger charge is -2.06. The molecule has 0 aliphatic heterocycles. The molecule has 2 rings (SSSR count). The first kappa shape index (κ1) is 13.7. The molecule has 2 aromatic rings. The lowest BCUT2D eigenvalue weighted by Crippen LogP contribution is -2.21. The van der Waals surface area contributed by atoms with E-state index in [1.54, 1.807) is 6.07 Å². The third-order valence-corrected chi connectivity index (χ3v) is 3.60. The van der Waals surface area contributed by atoms with Gasteiger partial charge in [-0.3, -0.25) is 4.79 Å². The monoisotopic (exact) mass is 278 g/mol. The Morgan fingerprint density at radius 3 is 2.89 bits per heavy atom. The molecule has 1 heterocycles. The van der Waals surface area contributed by atoms with Crippen molar-refractivity contribution < 1.29 is 9.18 Å². The second kappa shape index (κ2) is 6.45. The van der Waals surface area contributed by atoms with E-state index in [0.29, 0.717) is 25.1 Å². The Labute approximate surface area is 115 Å². The predicted molar refractivity (Wildman–Crippen MR) is 75.2 cm³/mol. The minimum absolute atomic E-state index is 0.219. The van der Waals surface area contributed by atoms with E-state index >= 15 is 0 Å². The number of carbonyl (C=O) groups excluding carboxylic acids is 1. The first-order valence-electron chi connectivity index (χ1n) is 5.98. The number of rotatable bonds is 6. The van der Waals surface area contributed by atoms with Crippen molar-refractivity contribution in [2.24, 2.45) is 5.73 Å². The molecule has 0 spiro atoms. The van der Waals surface area contributed by atoms with Crippen LogP contribution in [0.3, 0.4) is 0 Å². The SMILES string of the molecule is NC(=O)CCNCc1ccc(F)c(-c2cccs2)c1. The van der Waals surface area contributed by atoms with E-state index in [-0.39, 0.29) is 11.7 Å². The molecule has 1 aromatic heterocycles. The fourth-order valence-electron chi connectivity index (χ4n) is 1.75. The Balaban J connectivity index is 2.03. The number of amides is 1. The van der Waals surface area contributed by atoms with E-state index in [2.05, 4.69) is 5.32 Å². The maximum absolute atomic E-state index is 13.8. The number of nitrogens with one attached hydrogen (secondary N) is 1. The molecule has 0 unspecified atom stereocenters. The van der Waals surface area contributed by atoms with Gasteiger partial charge in [0.2, 0.25) is 5.91 Å². The van der Waals surface area contributed by atoms with Gasteiger partial charge in [-0.1, -0.05) is 12.1 Å². The number of thiophene rings is 1. The second-order valence-corrected chi connectivity index (χ2v) is 5.13. The highest BCUT2D eigenvalue weighted by Gasteiger charge is 2.07. The van der Waals surface area contributed by atoms with Crippen LogP contribution in [-0.4, -0.2) is 12.5 Å². The summed E-state index contributed by atoms with van der Waals surface area (Å²) >= 11 is 1.51. The summed E-state index contributed by atoms with van der Waals surface area (Å²) in [5.74, 6) is -0.547. The number of benzene rings is 1. The Hall–Kier alpha value is -1.72. The smallest absolute Gasteiger partial charge is 0.218 e. The predicted octanol–water partition coefficient (Wildman–Crippen LogP) is 2.52. The van der Waals surface area contributed by atoms with Crippen LogP contribution in [0.4, 0.5) is 4.39 Å². The van der Waals surface area contributed by atoms with Crippen molar-refractivity contribution in [3.05, 3.63) is 47.1 Å². The Kier molecular flexibility index (Phi) is 4.65. The van der Waals surface area contributed by atoms with Gasteiger partial charge < -0.3 is 11.1 Å². The maximum atomic E-state index is 13.8. The zero-order valence-electron chi connectivity index (χ0n) is 10.4. The van der Waals surface area contributed by atoms with Gasteiger partial charge in [-0.05, 0) is 29.1 Å². The molecule has 100 valence electrons. The summed E-state index contributed by atoms with van der Waals surface area (Å²) in [5.41, 5.74) is 6.65. The summed E-state index contributed by atoms with van der Waals surface area (Å²) in [4.78, 5) is 11.5. The number of primary amides is 1. The molecule has 3 N–H and O–H groups in total. The topological polar surface area (TPSA) is 55.1 Å². The fourth-order valence-corrected chi connectivity index (χ4v) is 2.49. The average molecular weight is 278 g/mol. The minimum Gasteiger partial charge on any atom is -0.370 e. The second-order valence-electron chi connectivity index (χ2n) is 4.18. The van der Waals surface area contributed by atoms with Gasteiger partial charge in [0.25, 0.3) is 0 Å². The van der Waals surface area contributed by atoms with E-state index in [1.807, 2.05) is 23.6 Å². The van der Waals surface area contributed by atoms with Crippen LogP contribution in [0, 0.1) is 5.82 Å². The molecule has 0 bridgehead atoms. The quantitative estimate of drug-likeness (QED) is 0.798. The molecule has 19 heavy (non-hydrogen) atoms. The number of hydrogen-bond acceptors (Lipinski definition) is 3. The molecule has 3 nitrogen and oxygen atoms in total. The van der Waals surface area contributed by atoms with Crippen molar-refractivity contribution in [1.82, 2.24) is 5.32 Å². The number of nitrogens with two attached hydrogens (primary N) is 1. The van der Waals surface area contributed by atoms with Gasteiger partial charge in [-0.2, -0.15) is 0 Å². The summed E-state index contributed by atoms with van der Waals surface area (Å²) in [7, 11) is 0. The highest BCUT2D eigenvalue weighted by atomic mass is 32.1. The van der Waals surface area contributed by atoms with Crippen LogP contribution < -0.4 is 11.1 Å². The highest BCUT2D eigenvalue weighted by molar-refractivity contribution is 7.13. The summed E-state index contributed by atoms with van der Waals surface area (Å²) in [6.07, 6.45) is 0.305. The first-order chi connectivity index (χ1) is 9.16. The van der Waals surface area contributed by atoms with Gasteiger partial charge in [-0.25, -0.2) is 4.39 Å². The van der Waals surface area contributed by atoms with E-state index in [1.165, 1.54) is 17.4 Å². The maximum Gasteiger partial charge on any atom is 0.218 e. The van der Waals surface area contributed by atoms with Crippen LogP contribution in [0.2, 0.25) is 0 Å². The summed E-state index contributed by atoms with van der Waals surface area (Å²) in [5, 5.41) is 5.03. The van der Waals surface area contributed by atoms with Crippen LogP contribution in [-0.2, 0) is 11.3 Å². The lowest BCUT2D eigenvalue weighted by atomic mass is 10.1. The van der Waals surface area contributed by atoms with Crippen LogP contribution in [0.5, 0.6) is 0 Å². The molecule has 0 fully saturated rings. The van der Waals surface area contributed by atoms with Crippen molar-refractivity contribution in [2.75, 3.05) is 6.54 Å². The van der Waals surface area contributed by atoms with Gasteiger partial charge in [0, 0.05) is 30.0 Å². The van der Waals surface area contributed by atoms with Gasteiger partial charge in [-0.15, -0.1) is 11.3 Å². The first-order valence-corrected chi connectivity index (χ1v) is 6.86. The van der Waals surface area contributed by atoms with E-state index in [9.17, 15) is 9.18 Å². The van der Waals surface area contributed by atoms with Gasteiger partial charge in [0.1, 0.15) is 5.82 Å². The van der Waals surface area contributed by atoms with Crippen LogP contribution >= 0.6 is 11.3 Å². The van der Waals surface area contributed by atoms with Crippen molar-refractivity contribution in [2.45, 2.75) is 13.0 Å². The molecule has 0 aliphatic carbocycles. The van der Waals surface area contributed by atoms with E-state index in [4.69, 9.17) is 5.73 Å². The van der Waals surface area contributed by atoms with Crippen LogP contribution in [0.25, 0.3) is 10.4 Å². The molecule has 0 radical (unpaired) electrons. The zero-order chi connectivity index (χ0) is 13.7. The molecular weight excluding hydrogens is 263 g/mol. The molecule has 0 aliphatic rings. The normalized spacial score (nSPS) is 10.6.